The lowest BCUT2D eigenvalue weighted by Gasteiger charge is -2.44. The molecule has 1 aromatic heterocycles. The highest BCUT2D eigenvalue weighted by Gasteiger charge is 2.33. The van der Waals surface area contributed by atoms with E-state index in [1.807, 2.05) is 12.3 Å². The number of benzene rings is 2. The Balaban J connectivity index is 1.39. The van der Waals surface area contributed by atoms with Crippen LogP contribution in [0.25, 0.3) is 22.2 Å². The summed E-state index contributed by atoms with van der Waals surface area (Å²) in [5, 5.41) is 0. The number of nitrogens with zero attached hydrogens (tertiary/aromatic N) is 5. The summed E-state index contributed by atoms with van der Waals surface area (Å²) in [7, 11) is 0. The minimum absolute atomic E-state index is 0.603. The maximum Gasteiger partial charge on any atom is 0.147 e. The second-order valence-electron chi connectivity index (χ2n) is 8.27. The van der Waals surface area contributed by atoms with E-state index in [4.69, 9.17) is 10.7 Å². The maximum atomic E-state index is 5.71. The van der Waals surface area contributed by atoms with E-state index in [0.29, 0.717) is 12.6 Å². The molecule has 30 heavy (non-hydrogen) atoms. The molecule has 6 nitrogen and oxygen atoms in total. The second-order valence-corrected chi connectivity index (χ2v) is 8.27. The van der Waals surface area contributed by atoms with Crippen LogP contribution in [0.4, 0.5) is 11.5 Å². The number of nitrogens with two attached hydrogens (primary N) is 1. The van der Waals surface area contributed by atoms with E-state index in [-0.39, 0.29) is 0 Å². The van der Waals surface area contributed by atoms with Gasteiger partial charge in [-0.15, -0.1) is 0 Å². The number of hydrogen-bond donors (Lipinski definition) is 1. The van der Waals surface area contributed by atoms with Crippen molar-refractivity contribution in [1.82, 2.24) is 14.9 Å². The van der Waals surface area contributed by atoms with Gasteiger partial charge in [0.05, 0.1) is 22.9 Å². The van der Waals surface area contributed by atoms with Gasteiger partial charge in [-0.3, -0.25) is 14.9 Å². The largest absolute Gasteiger partial charge is 0.352 e. The third-order valence-electron chi connectivity index (χ3n) is 6.38. The Hall–Kier alpha value is -2.83. The van der Waals surface area contributed by atoms with Gasteiger partial charge < -0.3 is 10.6 Å². The van der Waals surface area contributed by atoms with Gasteiger partial charge in [0.1, 0.15) is 5.82 Å². The lowest BCUT2D eigenvalue weighted by molar-refractivity contribution is 0.204. The van der Waals surface area contributed by atoms with Crippen LogP contribution in [-0.2, 0) is 6.42 Å². The highest BCUT2D eigenvalue weighted by atomic mass is 15.3. The van der Waals surface area contributed by atoms with Gasteiger partial charge in [0.25, 0.3) is 0 Å². The van der Waals surface area contributed by atoms with Crippen molar-refractivity contribution in [2.45, 2.75) is 25.3 Å². The zero-order valence-electron chi connectivity index (χ0n) is 17.3. The summed E-state index contributed by atoms with van der Waals surface area (Å²) in [5.74, 6) is 0.974. The molecule has 2 aromatic carbocycles. The van der Waals surface area contributed by atoms with Crippen molar-refractivity contribution in [1.29, 1.82) is 0 Å². The Bertz CT molecular complexity index is 1070. The number of rotatable bonds is 6. The van der Waals surface area contributed by atoms with Gasteiger partial charge in [-0.2, -0.15) is 0 Å². The zero-order valence-corrected chi connectivity index (χ0v) is 17.3. The van der Waals surface area contributed by atoms with Gasteiger partial charge in [0, 0.05) is 19.1 Å². The number of aliphatic imine (C=N–C) groups is 1. The summed E-state index contributed by atoms with van der Waals surface area (Å²) in [4.78, 5) is 18.7. The average molecular weight is 401 g/mol. The Morgan fingerprint density at radius 3 is 2.57 bits per heavy atom. The molecule has 2 fully saturated rings. The quantitative estimate of drug-likeness (QED) is 0.642. The van der Waals surface area contributed by atoms with Gasteiger partial charge in [-0.25, -0.2) is 4.98 Å². The lowest BCUT2D eigenvalue weighted by Crippen LogP contribution is -2.59. The number of likely N-dealkylation sites (tertiary alicyclic amines) is 1. The predicted octanol–water partition coefficient (Wildman–Crippen LogP) is 3.41. The highest BCUT2D eigenvalue weighted by Crippen LogP contribution is 2.30. The van der Waals surface area contributed by atoms with E-state index < -0.39 is 0 Å². The van der Waals surface area contributed by atoms with Gasteiger partial charge in [-0.1, -0.05) is 18.2 Å². The molecule has 2 saturated heterocycles. The molecule has 6 heteroatoms. The van der Waals surface area contributed by atoms with Crippen LogP contribution in [-0.4, -0.2) is 60.4 Å². The SMILES string of the molecule is C=Nc1cc(-c2ccc3ncc(N4CC(N5CCCC5)C4)nc3c2)ccc1CCN. The fourth-order valence-electron chi connectivity index (χ4n) is 4.57. The number of anilines is 1. The van der Waals surface area contributed by atoms with Crippen LogP contribution >= 0.6 is 0 Å². The van der Waals surface area contributed by atoms with Crippen LogP contribution < -0.4 is 10.6 Å². The van der Waals surface area contributed by atoms with Crippen molar-refractivity contribution in [2.75, 3.05) is 37.6 Å². The number of hydrogen-bond acceptors (Lipinski definition) is 6. The zero-order chi connectivity index (χ0) is 20.5. The molecule has 3 aromatic rings. The molecular weight excluding hydrogens is 372 g/mol. The lowest BCUT2D eigenvalue weighted by atomic mass is 10.0. The molecule has 2 aliphatic rings. The third-order valence-corrected chi connectivity index (χ3v) is 6.38. The highest BCUT2D eigenvalue weighted by molar-refractivity contribution is 5.83. The van der Waals surface area contributed by atoms with E-state index in [1.165, 1.54) is 25.9 Å². The maximum absolute atomic E-state index is 5.71. The summed E-state index contributed by atoms with van der Waals surface area (Å²) in [6.45, 7) is 8.92. The van der Waals surface area contributed by atoms with Crippen LogP contribution in [0.15, 0.2) is 47.6 Å². The van der Waals surface area contributed by atoms with Gasteiger partial charge in [-0.05, 0) is 80.5 Å². The fourth-order valence-corrected chi connectivity index (χ4v) is 4.57. The summed E-state index contributed by atoms with van der Waals surface area (Å²) in [6, 6.07) is 13.2. The molecule has 0 unspecified atom stereocenters. The Morgan fingerprint density at radius 1 is 1.03 bits per heavy atom. The number of fused-ring (bicyclic) bond motifs is 1. The smallest absolute Gasteiger partial charge is 0.147 e. The molecule has 3 heterocycles. The molecule has 2 aliphatic heterocycles. The molecule has 0 bridgehead atoms. The van der Waals surface area contributed by atoms with E-state index in [2.05, 4.69) is 56.8 Å². The van der Waals surface area contributed by atoms with E-state index in [9.17, 15) is 0 Å². The first-order valence-electron chi connectivity index (χ1n) is 10.8. The molecule has 154 valence electrons. The summed E-state index contributed by atoms with van der Waals surface area (Å²) in [5.41, 5.74) is 11.8. The Kier molecular flexibility index (Phi) is 5.19. The topological polar surface area (TPSA) is 70.6 Å². The molecule has 0 aliphatic carbocycles. The minimum Gasteiger partial charge on any atom is -0.352 e. The van der Waals surface area contributed by atoms with Crippen LogP contribution in [0.3, 0.4) is 0 Å². The molecule has 0 atom stereocenters. The first-order chi connectivity index (χ1) is 14.7. The first-order valence-corrected chi connectivity index (χ1v) is 10.8. The monoisotopic (exact) mass is 400 g/mol. The standard InChI is InChI=1S/C24H28N6/c1-26-22-12-18(5-4-17(22)8-9-25)19-6-7-21-23(13-19)28-24(14-27-21)30-15-20(16-30)29-10-2-3-11-29/h4-7,12-14,20H,1-3,8-11,15-16,25H2. The van der Waals surface area contributed by atoms with Gasteiger partial charge in [0.2, 0.25) is 0 Å². The fraction of sp³-hybridized carbons (Fsp3) is 0.375. The van der Waals surface area contributed by atoms with Crippen molar-refractivity contribution in [3.63, 3.8) is 0 Å². The van der Waals surface area contributed by atoms with Crippen molar-refractivity contribution < 1.29 is 0 Å². The molecule has 0 saturated carbocycles. The summed E-state index contributed by atoms with van der Waals surface area (Å²) in [6.07, 6.45) is 5.38. The van der Waals surface area contributed by atoms with Crippen molar-refractivity contribution in [3.8, 4) is 11.1 Å². The second kappa shape index (κ2) is 8.13. The number of aromatic nitrogens is 2. The molecule has 0 amide bonds. The third kappa shape index (κ3) is 3.57. The van der Waals surface area contributed by atoms with Crippen molar-refractivity contribution >= 4 is 29.3 Å². The van der Waals surface area contributed by atoms with Gasteiger partial charge >= 0.3 is 0 Å². The van der Waals surface area contributed by atoms with Crippen LogP contribution in [0.1, 0.15) is 18.4 Å². The predicted molar refractivity (Wildman–Crippen MR) is 124 cm³/mol. The average Bonchev–Trinajstić information content (AvgIpc) is 3.27. The van der Waals surface area contributed by atoms with Crippen LogP contribution in [0, 0.1) is 0 Å². The molecule has 5 rings (SSSR count). The molecule has 0 radical (unpaired) electrons. The molecular formula is C24H28N6. The van der Waals surface area contributed by atoms with E-state index in [0.717, 1.165) is 58.7 Å². The first kappa shape index (κ1) is 19.2. The normalized spacial score (nSPS) is 17.4. The van der Waals surface area contributed by atoms with Crippen molar-refractivity contribution in [3.05, 3.63) is 48.2 Å². The van der Waals surface area contributed by atoms with Crippen LogP contribution in [0.5, 0.6) is 0 Å². The minimum atomic E-state index is 0.603. The Labute approximate surface area is 177 Å². The Morgan fingerprint density at radius 2 is 1.80 bits per heavy atom. The van der Waals surface area contributed by atoms with Gasteiger partial charge in [0.15, 0.2) is 0 Å². The summed E-state index contributed by atoms with van der Waals surface area (Å²) < 4.78 is 0. The summed E-state index contributed by atoms with van der Waals surface area (Å²) >= 11 is 0. The van der Waals surface area contributed by atoms with Crippen molar-refractivity contribution in [2.24, 2.45) is 10.7 Å². The van der Waals surface area contributed by atoms with E-state index >= 15 is 0 Å². The molecule has 2 N–H and O–H groups in total. The van der Waals surface area contributed by atoms with E-state index in [1.54, 1.807) is 0 Å². The molecule has 0 spiro atoms. The van der Waals surface area contributed by atoms with Crippen LogP contribution in [0.2, 0.25) is 0 Å².